The predicted octanol–water partition coefficient (Wildman–Crippen LogP) is 13.7. The van der Waals surface area contributed by atoms with Crippen molar-refractivity contribution >= 4 is 51.2 Å². The van der Waals surface area contributed by atoms with Gasteiger partial charge in [-0.15, -0.1) is 0 Å². The van der Waals surface area contributed by atoms with Crippen molar-refractivity contribution in [3.63, 3.8) is 0 Å². The number of hydrogen-bond donors (Lipinski definition) is 1. The van der Waals surface area contributed by atoms with Gasteiger partial charge in [0, 0.05) is 63.9 Å². The molecule has 1 N–H and O–H groups in total. The van der Waals surface area contributed by atoms with Crippen LogP contribution in [0.5, 0.6) is 0 Å². The minimum atomic E-state index is 1.04. The summed E-state index contributed by atoms with van der Waals surface area (Å²) in [5.41, 5.74) is 13.6. The van der Waals surface area contributed by atoms with E-state index in [9.17, 15) is 0 Å². The molecule has 0 bridgehead atoms. The molecule has 0 radical (unpaired) electrons. The second kappa shape index (κ2) is 15.6. The highest BCUT2D eigenvalue weighted by Crippen LogP contribution is 2.37. The maximum Gasteiger partial charge on any atom is 0.0463 e. The van der Waals surface area contributed by atoms with Gasteiger partial charge in [-0.1, -0.05) is 91.0 Å². The minimum absolute atomic E-state index is 1.04. The maximum atomic E-state index is 3.57. The molecule has 7 aromatic rings. The first-order chi connectivity index (χ1) is 26.2. The highest BCUT2D eigenvalue weighted by atomic mass is 15.2. The smallest absolute Gasteiger partial charge is 0.0463 e. The van der Waals surface area contributed by atoms with Crippen LogP contribution in [0.25, 0.3) is 11.1 Å². The molecular weight excluding hydrogens is 645 g/mol. The molecule has 8 rings (SSSR count). The van der Waals surface area contributed by atoms with Crippen molar-refractivity contribution in [1.82, 2.24) is 0 Å². The Balaban J connectivity index is 0.929. The topological polar surface area (TPSA) is 21.8 Å². The molecule has 258 valence electrons. The molecule has 0 aromatic heterocycles. The van der Waals surface area contributed by atoms with Crippen LogP contribution in [0, 0.1) is 0 Å². The van der Waals surface area contributed by atoms with Gasteiger partial charge in [-0.05, 0) is 139 Å². The van der Waals surface area contributed by atoms with Gasteiger partial charge in [0.15, 0.2) is 0 Å². The third-order valence-electron chi connectivity index (χ3n) is 9.66. The summed E-state index contributed by atoms with van der Waals surface area (Å²) in [7, 11) is 2.12. The lowest BCUT2D eigenvalue weighted by molar-refractivity contribution is 0.997. The van der Waals surface area contributed by atoms with E-state index in [2.05, 4.69) is 221 Å². The third-order valence-corrected chi connectivity index (χ3v) is 9.66. The van der Waals surface area contributed by atoms with E-state index in [4.69, 9.17) is 0 Å². The summed E-state index contributed by atoms with van der Waals surface area (Å²) in [4.78, 5) is 6.83. The van der Waals surface area contributed by atoms with E-state index in [1.165, 1.54) is 16.8 Å². The Bertz CT molecular complexity index is 2240. The van der Waals surface area contributed by atoms with Gasteiger partial charge in [-0.3, -0.25) is 0 Å². The highest BCUT2D eigenvalue weighted by Gasteiger charge is 2.15. The Hall–Kier alpha value is -6.78. The van der Waals surface area contributed by atoms with Crippen LogP contribution in [-0.2, 0) is 0 Å². The lowest BCUT2D eigenvalue weighted by atomic mass is 10.0. The predicted molar refractivity (Wildman–Crippen MR) is 226 cm³/mol. The summed E-state index contributed by atoms with van der Waals surface area (Å²) in [6.45, 7) is 0. The fraction of sp³-hybridized carbons (Fsp3) is 0.0612. The van der Waals surface area contributed by atoms with Crippen molar-refractivity contribution in [1.29, 1.82) is 0 Å². The van der Waals surface area contributed by atoms with Gasteiger partial charge < -0.3 is 20.0 Å². The Morgan fingerprint density at radius 3 is 1.25 bits per heavy atom. The molecule has 0 saturated carbocycles. The molecule has 0 spiro atoms. The first-order valence-electron chi connectivity index (χ1n) is 18.2. The zero-order valence-corrected chi connectivity index (χ0v) is 29.9. The van der Waals surface area contributed by atoms with Gasteiger partial charge in [0.2, 0.25) is 0 Å². The summed E-state index contributed by atoms with van der Waals surface area (Å²) in [5, 5.41) is 3.57. The molecule has 4 heteroatoms. The molecule has 1 aliphatic rings. The summed E-state index contributed by atoms with van der Waals surface area (Å²) >= 11 is 0. The van der Waals surface area contributed by atoms with Crippen molar-refractivity contribution in [3.05, 3.63) is 212 Å². The molecule has 1 aliphatic carbocycles. The van der Waals surface area contributed by atoms with Crippen LogP contribution in [0.15, 0.2) is 212 Å². The van der Waals surface area contributed by atoms with Crippen LogP contribution in [0.3, 0.4) is 0 Å². The molecule has 0 atom stereocenters. The molecule has 0 unspecified atom stereocenters. The second-order valence-electron chi connectivity index (χ2n) is 13.2. The Morgan fingerprint density at radius 1 is 0.377 bits per heavy atom. The molecule has 0 fully saturated rings. The van der Waals surface area contributed by atoms with Crippen molar-refractivity contribution < 1.29 is 0 Å². The van der Waals surface area contributed by atoms with Crippen molar-refractivity contribution in [2.24, 2.45) is 0 Å². The molecule has 0 saturated heterocycles. The zero-order valence-electron chi connectivity index (χ0n) is 29.9. The zero-order chi connectivity index (χ0) is 35.8. The van der Waals surface area contributed by atoms with Gasteiger partial charge in [-0.2, -0.15) is 0 Å². The molecule has 0 aliphatic heterocycles. The number of rotatable bonds is 11. The van der Waals surface area contributed by atoms with E-state index in [1.807, 2.05) is 12.1 Å². The summed E-state index contributed by atoms with van der Waals surface area (Å²) in [5.74, 6) is 0. The van der Waals surface area contributed by atoms with Crippen molar-refractivity contribution in [2.75, 3.05) is 27.1 Å². The molecule has 4 nitrogen and oxygen atoms in total. The molecule has 53 heavy (non-hydrogen) atoms. The van der Waals surface area contributed by atoms with Crippen molar-refractivity contribution in [2.45, 2.75) is 12.8 Å². The van der Waals surface area contributed by atoms with Gasteiger partial charge in [0.25, 0.3) is 0 Å². The van der Waals surface area contributed by atoms with E-state index < -0.39 is 0 Å². The first kappa shape index (κ1) is 33.4. The number of nitrogens with one attached hydrogen (secondary N) is 1. The summed E-state index contributed by atoms with van der Waals surface area (Å²) in [6.07, 6.45) is 8.97. The molecule has 0 heterocycles. The number of nitrogens with zero attached hydrogens (tertiary/aromatic N) is 3. The van der Waals surface area contributed by atoms with Gasteiger partial charge in [-0.25, -0.2) is 0 Å². The van der Waals surface area contributed by atoms with Gasteiger partial charge >= 0.3 is 0 Å². The first-order valence-corrected chi connectivity index (χ1v) is 18.2. The number of benzene rings is 7. The highest BCUT2D eigenvalue weighted by molar-refractivity contribution is 5.79. The Kier molecular flexibility index (Phi) is 9.84. The number of anilines is 9. The van der Waals surface area contributed by atoms with E-state index in [0.29, 0.717) is 0 Å². The SMILES string of the molecule is CN(c1ccc(-c2ccc(Nc3ccc(N(c4ccccc4)c4ccccc4)cc3)cc2)cc1)c1ccc(N(C2=CCCC=C2)c2ccccc2)cc1. The fourth-order valence-corrected chi connectivity index (χ4v) is 6.85. The maximum absolute atomic E-state index is 3.57. The van der Waals surface area contributed by atoms with Crippen LogP contribution in [0.4, 0.5) is 51.2 Å². The van der Waals surface area contributed by atoms with E-state index in [-0.39, 0.29) is 0 Å². The fourth-order valence-electron chi connectivity index (χ4n) is 6.85. The lowest BCUT2D eigenvalue weighted by Crippen LogP contribution is -2.16. The Labute approximate surface area is 313 Å². The van der Waals surface area contributed by atoms with Crippen LogP contribution in [0.2, 0.25) is 0 Å². The van der Waals surface area contributed by atoms with Crippen LogP contribution in [0.1, 0.15) is 12.8 Å². The Morgan fingerprint density at radius 2 is 0.755 bits per heavy atom. The van der Waals surface area contributed by atoms with Crippen LogP contribution < -0.4 is 20.0 Å². The summed E-state index contributed by atoms with van der Waals surface area (Å²) < 4.78 is 0. The van der Waals surface area contributed by atoms with Crippen LogP contribution >= 0.6 is 0 Å². The van der Waals surface area contributed by atoms with E-state index in [0.717, 1.165) is 64.0 Å². The lowest BCUT2D eigenvalue weighted by Gasteiger charge is -2.28. The largest absolute Gasteiger partial charge is 0.356 e. The number of allylic oxidation sites excluding steroid dienone is 3. The normalized spacial score (nSPS) is 12.1. The number of para-hydroxylation sites is 3. The third kappa shape index (κ3) is 7.63. The monoisotopic (exact) mass is 686 g/mol. The molecule has 7 aromatic carbocycles. The average Bonchev–Trinajstić information content (AvgIpc) is 3.24. The van der Waals surface area contributed by atoms with E-state index in [1.54, 1.807) is 0 Å². The van der Waals surface area contributed by atoms with Gasteiger partial charge in [0.1, 0.15) is 0 Å². The standard InChI is InChI=1S/C49H42N4/c1-51(43-34-36-49(37-35-43)53(46-18-10-4-11-19-46)47-20-12-5-13-21-47)42-30-24-39(25-31-42)38-22-26-40(27-23-38)50-41-28-32-48(33-29-41)52(44-14-6-2-7-15-44)45-16-8-3-9-17-45/h2-4,6-12,14-37,50H,5,13H2,1H3. The van der Waals surface area contributed by atoms with E-state index >= 15 is 0 Å². The molecular formula is C49H42N4. The number of hydrogen-bond acceptors (Lipinski definition) is 4. The minimum Gasteiger partial charge on any atom is -0.356 e. The van der Waals surface area contributed by atoms with Crippen molar-refractivity contribution in [3.8, 4) is 11.1 Å². The van der Waals surface area contributed by atoms with Gasteiger partial charge in [0.05, 0.1) is 0 Å². The molecule has 0 amide bonds. The average molecular weight is 687 g/mol. The summed E-state index contributed by atoms with van der Waals surface area (Å²) in [6, 6.07) is 66.4. The second-order valence-corrected chi connectivity index (χ2v) is 13.2. The quantitative estimate of drug-likeness (QED) is 0.146. The van der Waals surface area contributed by atoms with Crippen LogP contribution in [-0.4, -0.2) is 7.05 Å².